The summed E-state index contributed by atoms with van der Waals surface area (Å²) in [6, 6.07) is 11.0. The summed E-state index contributed by atoms with van der Waals surface area (Å²) in [5.74, 6) is 0.108. The van der Waals surface area contributed by atoms with Crippen LogP contribution in [0, 0.1) is 13.8 Å². The highest BCUT2D eigenvalue weighted by atomic mass is 32.1. The van der Waals surface area contributed by atoms with Gasteiger partial charge in [0.2, 0.25) is 0 Å². The van der Waals surface area contributed by atoms with Crippen LogP contribution in [0.2, 0.25) is 0 Å². The molecule has 0 unspecified atom stereocenters. The van der Waals surface area contributed by atoms with E-state index in [4.69, 9.17) is 17.0 Å². The lowest BCUT2D eigenvalue weighted by Gasteiger charge is -2.17. The van der Waals surface area contributed by atoms with Crippen LogP contribution in [0.5, 0.6) is 11.5 Å². The largest absolute Gasteiger partial charge is 0.504 e. The number of nitrogens with zero attached hydrogens (tertiary/aromatic N) is 1. The molecule has 1 saturated heterocycles. The van der Waals surface area contributed by atoms with Crippen LogP contribution < -0.4 is 15.0 Å². The van der Waals surface area contributed by atoms with Gasteiger partial charge in [0.05, 0.1) is 12.3 Å². The SMILES string of the molecule is CCOc1cccc(C=C2NC(=S)N(c3ccc(C)cc3C)C2=O)c1O. The van der Waals surface area contributed by atoms with E-state index in [1.165, 1.54) is 4.90 Å². The number of hydrogen-bond acceptors (Lipinski definition) is 4. The van der Waals surface area contributed by atoms with Gasteiger partial charge in [0.1, 0.15) is 5.70 Å². The molecule has 1 aliphatic rings. The number of aromatic hydroxyl groups is 1. The van der Waals surface area contributed by atoms with E-state index in [-0.39, 0.29) is 11.7 Å². The van der Waals surface area contributed by atoms with Gasteiger partial charge in [-0.2, -0.15) is 0 Å². The molecule has 0 aliphatic carbocycles. The molecule has 0 bridgehead atoms. The summed E-state index contributed by atoms with van der Waals surface area (Å²) in [5.41, 5.74) is 3.61. The Hall–Kier alpha value is -2.86. The number of phenolic OH excluding ortho intramolecular Hbond substituents is 1. The predicted molar refractivity (Wildman–Crippen MR) is 106 cm³/mol. The summed E-state index contributed by atoms with van der Waals surface area (Å²) in [6.07, 6.45) is 1.58. The molecule has 134 valence electrons. The highest BCUT2D eigenvalue weighted by molar-refractivity contribution is 7.80. The van der Waals surface area contributed by atoms with E-state index in [0.29, 0.717) is 28.7 Å². The second-order valence-corrected chi connectivity index (χ2v) is 6.43. The number of amides is 1. The van der Waals surface area contributed by atoms with Crippen molar-refractivity contribution >= 4 is 35.0 Å². The second kappa shape index (κ2) is 7.17. The first kappa shape index (κ1) is 17.9. The molecule has 0 saturated carbocycles. The van der Waals surface area contributed by atoms with Gasteiger partial charge in [-0.05, 0) is 56.8 Å². The quantitative estimate of drug-likeness (QED) is 0.637. The first-order valence-corrected chi connectivity index (χ1v) is 8.72. The van der Waals surface area contributed by atoms with Gasteiger partial charge in [0.15, 0.2) is 16.6 Å². The molecule has 0 atom stereocenters. The number of benzene rings is 2. The van der Waals surface area contributed by atoms with Crippen LogP contribution in [-0.2, 0) is 4.79 Å². The average molecular weight is 368 g/mol. The third-order valence-electron chi connectivity index (χ3n) is 4.10. The number of aryl methyl sites for hydroxylation is 2. The number of para-hydroxylation sites is 1. The number of carbonyl (C=O) groups excluding carboxylic acids is 1. The van der Waals surface area contributed by atoms with E-state index < -0.39 is 0 Å². The molecule has 3 rings (SSSR count). The van der Waals surface area contributed by atoms with E-state index >= 15 is 0 Å². The Morgan fingerprint density at radius 2 is 2.04 bits per heavy atom. The molecule has 1 heterocycles. The van der Waals surface area contributed by atoms with Crippen molar-refractivity contribution in [3.8, 4) is 11.5 Å². The highest BCUT2D eigenvalue weighted by Gasteiger charge is 2.33. The summed E-state index contributed by atoms with van der Waals surface area (Å²) in [4.78, 5) is 14.3. The van der Waals surface area contributed by atoms with Crippen molar-refractivity contribution in [2.24, 2.45) is 0 Å². The first-order valence-electron chi connectivity index (χ1n) is 8.31. The molecular formula is C20H20N2O3S. The van der Waals surface area contributed by atoms with Gasteiger partial charge >= 0.3 is 0 Å². The van der Waals surface area contributed by atoms with Gasteiger partial charge in [-0.1, -0.05) is 29.8 Å². The van der Waals surface area contributed by atoms with Crippen molar-refractivity contribution in [1.82, 2.24) is 5.32 Å². The molecule has 6 heteroatoms. The zero-order valence-electron chi connectivity index (χ0n) is 14.9. The van der Waals surface area contributed by atoms with E-state index in [1.54, 1.807) is 24.3 Å². The summed E-state index contributed by atoms with van der Waals surface area (Å²) in [6.45, 7) is 6.22. The summed E-state index contributed by atoms with van der Waals surface area (Å²) >= 11 is 5.35. The maximum atomic E-state index is 12.9. The first-order chi connectivity index (χ1) is 12.4. The molecule has 5 nitrogen and oxygen atoms in total. The summed E-state index contributed by atoms with van der Waals surface area (Å²) < 4.78 is 5.39. The van der Waals surface area contributed by atoms with Gasteiger partial charge in [0.25, 0.3) is 5.91 Å². The van der Waals surface area contributed by atoms with Crippen molar-refractivity contribution in [2.45, 2.75) is 20.8 Å². The topological polar surface area (TPSA) is 61.8 Å². The van der Waals surface area contributed by atoms with Crippen molar-refractivity contribution < 1.29 is 14.6 Å². The maximum absolute atomic E-state index is 12.9. The Morgan fingerprint density at radius 1 is 1.27 bits per heavy atom. The Balaban J connectivity index is 1.97. The maximum Gasteiger partial charge on any atom is 0.281 e. The fourth-order valence-corrected chi connectivity index (χ4v) is 3.18. The number of thiocarbonyl (C=S) groups is 1. The zero-order valence-corrected chi connectivity index (χ0v) is 15.7. The molecule has 2 N–H and O–H groups in total. The van der Waals surface area contributed by atoms with Gasteiger partial charge in [0, 0.05) is 5.56 Å². The Bertz CT molecular complexity index is 921. The monoisotopic (exact) mass is 368 g/mol. The predicted octanol–water partition coefficient (Wildman–Crippen LogP) is 3.67. The molecule has 26 heavy (non-hydrogen) atoms. The van der Waals surface area contributed by atoms with Crippen molar-refractivity contribution in [3.05, 3.63) is 58.8 Å². The smallest absolute Gasteiger partial charge is 0.281 e. The molecular weight excluding hydrogens is 348 g/mol. The lowest BCUT2D eigenvalue weighted by molar-refractivity contribution is -0.113. The Morgan fingerprint density at radius 3 is 2.73 bits per heavy atom. The van der Waals surface area contributed by atoms with Crippen molar-refractivity contribution in [2.75, 3.05) is 11.5 Å². The summed E-state index contributed by atoms with van der Waals surface area (Å²) in [7, 11) is 0. The number of hydrogen-bond donors (Lipinski definition) is 2. The van der Waals surface area contributed by atoms with Crippen LogP contribution in [0.1, 0.15) is 23.6 Å². The van der Waals surface area contributed by atoms with Gasteiger partial charge in [-0.15, -0.1) is 0 Å². The second-order valence-electron chi connectivity index (χ2n) is 6.05. The lowest BCUT2D eigenvalue weighted by atomic mass is 10.1. The fourth-order valence-electron chi connectivity index (χ4n) is 2.89. The number of nitrogens with one attached hydrogen (secondary N) is 1. The molecule has 1 fully saturated rings. The van der Waals surface area contributed by atoms with Crippen LogP contribution in [0.15, 0.2) is 42.1 Å². The van der Waals surface area contributed by atoms with E-state index in [0.717, 1.165) is 16.8 Å². The van der Waals surface area contributed by atoms with Gasteiger partial charge in [-0.3, -0.25) is 9.69 Å². The zero-order chi connectivity index (χ0) is 18.8. The standard InChI is InChI=1S/C20H20N2O3S/c1-4-25-17-7-5-6-14(18(17)23)11-15-19(24)22(20(26)21-15)16-9-8-12(2)10-13(16)3/h5-11,23H,4H2,1-3H3,(H,21,26). The average Bonchev–Trinajstić information content (AvgIpc) is 2.86. The Kier molecular flexibility index (Phi) is 4.95. The number of phenols is 1. The highest BCUT2D eigenvalue weighted by Crippen LogP contribution is 2.32. The number of carbonyl (C=O) groups is 1. The summed E-state index contributed by atoms with van der Waals surface area (Å²) in [5, 5.41) is 13.6. The third-order valence-corrected chi connectivity index (χ3v) is 4.39. The minimum absolute atomic E-state index is 0.00710. The normalized spacial score (nSPS) is 15.5. The molecule has 0 aromatic heterocycles. The number of ether oxygens (including phenoxy) is 1. The molecule has 2 aromatic carbocycles. The lowest BCUT2D eigenvalue weighted by Crippen LogP contribution is -2.30. The third kappa shape index (κ3) is 3.28. The molecule has 2 aromatic rings. The van der Waals surface area contributed by atoms with E-state index in [1.807, 2.05) is 39.0 Å². The van der Waals surface area contributed by atoms with Crippen molar-refractivity contribution in [1.29, 1.82) is 0 Å². The Labute approximate surface area is 157 Å². The van der Waals surface area contributed by atoms with Gasteiger partial charge in [-0.25, -0.2) is 0 Å². The van der Waals surface area contributed by atoms with Crippen LogP contribution >= 0.6 is 12.2 Å². The fraction of sp³-hybridized carbons (Fsp3) is 0.200. The molecule has 1 amide bonds. The minimum Gasteiger partial charge on any atom is -0.504 e. The van der Waals surface area contributed by atoms with Crippen LogP contribution in [0.25, 0.3) is 6.08 Å². The van der Waals surface area contributed by atoms with E-state index in [2.05, 4.69) is 5.32 Å². The van der Waals surface area contributed by atoms with Crippen LogP contribution in [-0.4, -0.2) is 22.7 Å². The van der Waals surface area contributed by atoms with Crippen LogP contribution in [0.4, 0.5) is 5.69 Å². The number of rotatable bonds is 4. The molecule has 1 aliphatic heterocycles. The van der Waals surface area contributed by atoms with Gasteiger partial charge < -0.3 is 15.2 Å². The van der Waals surface area contributed by atoms with Crippen LogP contribution in [0.3, 0.4) is 0 Å². The number of anilines is 1. The van der Waals surface area contributed by atoms with E-state index in [9.17, 15) is 9.90 Å². The molecule has 0 spiro atoms. The minimum atomic E-state index is -0.261. The molecule has 0 radical (unpaired) electrons. The van der Waals surface area contributed by atoms with Crippen molar-refractivity contribution in [3.63, 3.8) is 0 Å².